The fourth-order valence-electron chi connectivity index (χ4n) is 1.15. The second kappa shape index (κ2) is 4.97. The maximum Gasteiger partial charge on any atom is 0.0681 e. The molecule has 3 heteroatoms. The van der Waals surface area contributed by atoms with Crippen LogP contribution in [0.15, 0.2) is 24.3 Å². The number of benzene rings is 1. The van der Waals surface area contributed by atoms with E-state index in [1.165, 1.54) is 0 Å². The van der Waals surface area contributed by atoms with Crippen LogP contribution in [0.3, 0.4) is 0 Å². The molecule has 0 heterocycles. The van der Waals surface area contributed by atoms with Crippen LogP contribution in [0.4, 0.5) is 0 Å². The minimum absolute atomic E-state index is 0.0692. The van der Waals surface area contributed by atoms with Gasteiger partial charge in [-0.3, -0.25) is 0 Å². The Morgan fingerprint density at radius 1 is 1.38 bits per heavy atom. The monoisotopic (exact) mass is 181 g/mol. The van der Waals surface area contributed by atoms with Gasteiger partial charge in [0.2, 0.25) is 0 Å². The first-order chi connectivity index (χ1) is 6.27. The van der Waals surface area contributed by atoms with Crippen molar-refractivity contribution < 1.29 is 9.84 Å². The van der Waals surface area contributed by atoms with Crippen molar-refractivity contribution in [2.45, 2.75) is 12.6 Å². The second-order valence-corrected chi connectivity index (χ2v) is 2.96. The quantitative estimate of drug-likeness (QED) is 0.723. The summed E-state index contributed by atoms with van der Waals surface area (Å²) in [6, 6.07) is 7.47. The molecule has 0 amide bonds. The number of rotatable bonds is 4. The van der Waals surface area contributed by atoms with Crippen molar-refractivity contribution >= 4 is 0 Å². The van der Waals surface area contributed by atoms with E-state index >= 15 is 0 Å². The first-order valence-electron chi connectivity index (χ1n) is 4.22. The molecule has 0 aliphatic carbocycles. The molecule has 0 aromatic heterocycles. The number of aliphatic hydroxyl groups is 1. The van der Waals surface area contributed by atoms with E-state index in [9.17, 15) is 0 Å². The number of hydrogen-bond donors (Lipinski definition) is 2. The zero-order valence-electron chi connectivity index (χ0n) is 7.73. The number of aliphatic hydroxyl groups excluding tert-OH is 1. The number of ether oxygens (including phenoxy) is 1. The Morgan fingerprint density at radius 2 is 2.00 bits per heavy atom. The highest BCUT2D eigenvalue weighted by Gasteiger charge is 2.04. The zero-order chi connectivity index (χ0) is 9.68. The van der Waals surface area contributed by atoms with Crippen LogP contribution < -0.4 is 5.73 Å². The van der Waals surface area contributed by atoms with Crippen molar-refractivity contribution in [1.29, 1.82) is 0 Å². The Hall–Kier alpha value is -0.900. The molecule has 0 aliphatic heterocycles. The van der Waals surface area contributed by atoms with Gasteiger partial charge in [0.05, 0.1) is 19.3 Å². The van der Waals surface area contributed by atoms with E-state index in [-0.39, 0.29) is 12.6 Å². The lowest BCUT2D eigenvalue weighted by Gasteiger charge is -2.10. The third-order valence-electron chi connectivity index (χ3n) is 1.94. The van der Waals surface area contributed by atoms with Crippen LogP contribution in [0.2, 0.25) is 0 Å². The third-order valence-corrected chi connectivity index (χ3v) is 1.94. The molecule has 13 heavy (non-hydrogen) atoms. The fourth-order valence-corrected chi connectivity index (χ4v) is 1.15. The standard InChI is InChI=1S/C10H15NO2/c1-13-7-10(11)9-4-2-8(6-12)3-5-9/h2-5,10,12H,6-7,11H2,1H3/t10-/m1/s1. The maximum atomic E-state index is 8.81. The van der Waals surface area contributed by atoms with Gasteiger partial charge >= 0.3 is 0 Å². The largest absolute Gasteiger partial charge is 0.392 e. The summed E-state index contributed by atoms with van der Waals surface area (Å²) in [7, 11) is 1.63. The van der Waals surface area contributed by atoms with E-state index in [4.69, 9.17) is 15.6 Å². The van der Waals surface area contributed by atoms with Gasteiger partial charge in [0.25, 0.3) is 0 Å². The van der Waals surface area contributed by atoms with Crippen LogP contribution in [0, 0.1) is 0 Å². The van der Waals surface area contributed by atoms with Crippen molar-refractivity contribution in [2.24, 2.45) is 5.73 Å². The molecule has 0 radical (unpaired) electrons. The Balaban J connectivity index is 2.67. The van der Waals surface area contributed by atoms with Gasteiger partial charge in [0, 0.05) is 7.11 Å². The molecular weight excluding hydrogens is 166 g/mol. The summed E-state index contributed by atoms with van der Waals surface area (Å²) in [5.74, 6) is 0. The molecule has 0 saturated carbocycles. The first-order valence-corrected chi connectivity index (χ1v) is 4.22. The van der Waals surface area contributed by atoms with E-state index in [2.05, 4.69) is 0 Å². The predicted molar refractivity (Wildman–Crippen MR) is 51.2 cm³/mol. The molecule has 1 aromatic rings. The van der Waals surface area contributed by atoms with Crippen LogP contribution in [0.25, 0.3) is 0 Å². The summed E-state index contributed by atoms with van der Waals surface area (Å²) in [6.45, 7) is 0.582. The molecule has 1 aromatic carbocycles. The predicted octanol–water partition coefficient (Wildman–Crippen LogP) is 0.825. The smallest absolute Gasteiger partial charge is 0.0681 e. The topological polar surface area (TPSA) is 55.5 Å². The van der Waals surface area contributed by atoms with Crippen LogP contribution in [0.5, 0.6) is 0 Å². The summed E-state index contributed by atoms with van der Waals surface area (Å²) in [5.41, 5.74) is 7.73. The molecule has 0 saturated heterocycles. The molecule has 0 aliphatic rings. The second-order valence-electron chi connectivity index (χ2n) is 2.96. The normalized spacial score (nSPS) is 12.8. The van der Waals surface area contributed by atoms with E-state index in [0.29, 0.717) is 6.61 Å². The van der Waals surface area contributed by atoms with Gasteiger partial charge in [-0.15, -0.1) is 0 Å². The van der Waals surface area contributed by atoms with Gasteiger partial charge < -0.3 is 15.6 Å². The molecule has 1 atom stereocenters. The lowest BCUT2D eigenvalue weighted by Crippen LogP contribution is -2.15. The fraction of sp³-hybridized carbons (Fsp3) is 0.400. The van der Waals surface area contributed by atoms with E-state index in [1.807, 2.05) is 24.3 Å². The first kappa shape index (κ1) is 10.2. The van der Waals surface area contributed by atoms with Crippen molar-refractivity contribution in [3.8, 4) is 0 Å². The lowest BCUT2D eigenvalue weighted by atomic mass is 10.1. The summed E-state index contributed by atoms with van der Waals surface area (Å²) < 4.78 is 4.94. The van der Waals surface area contributed by atoms with Crippen LogP contribution in [-0.4, -0.2) is 18.8 Å². The van der Waals surface area contributed by atoms with Crippen molar-refractivity contribution in [1.82, 2.24) is 0 Å². The molecule has 3 N–H and O–H groups in total. The summed E-state index contributed by atoms with van der Waals surface area (Å²) in [5, 5.41) is 8.81. The van der Waals surface area contributed by atoms with Crippen LogP contribution in [-0.2, 0) is 11.3 Å². The van der Waals surface area contributed by atoms with Gasteiger partial charge in [-0.1, -0.05) is 24.3 Å². The SMILES string of the molecule is COC[C@@H](N)c1ccc(CO)cc1. The van der Waals surface area contributed by atoms with E-state index < -0.39 is 0 Å². The molecule has 1 rings (SSSR count). The zero-order valence-corrected chi connectivity index (χ0v) is 7.73. The number of nitrogens with two attached hydrogens (primary N) is 1. The highest BCUT2D eigenvalue weighted by Crippen LogP contribution is 2.11. The highest BCUT2D eigenvalue weighted by molar-refractivity contribution is 5.24. The average Bonchev–Trinajstić information content (AvgIpc) is 2.18. The number of methoxy groups -OCH3 is 1. The van der Waals surface area contributed by atoms with Crippen molar-refractivity contribution in [3.63, 3.8) is 0 Å². The minimum Gasteiger partial charge on any atom is -0.392 e. The van der Waals surface area contributed by atoms with E-state index in [1.54, 1.807) is 7.11 Å². The Labute approximate surface area is 78.1 Å². The molecule has 0 bridgehead atoms. The number of hydrogen-bond acceptors (Lipinski definition) is 3. The Morgan fingerprint density at radius 3 is 2.46 bits per heavy atom. The highest BCUT2D eigenvalue weighted by atomic mass is 16.5. The van der Waals surface area contributed by atoms with Gasteiger partial charge in [0.1, 0.15) is 0 Å². The van der Waals surface area contributed by atoms with Gasteiger partial charge in [0.15, 0.2) is 0 Å². The molecule has 0 spiro atoms. The average molecular weight is 181 g/mol. The summed E-state index contributed by atoms with van der Waals surface area (Å²) in [4.78, 5) is 0. The summed E-state index contributed by atoms with van der Waals surface area (Å²) in [6.07, 6.45) is 0. The van der Waals surface area contributed by atoms with Gasteiger partial charge in [-0.05, 0) is 11.1 Å². The van der Waals surface area contributed by atoms with Gasteiger partial charge in [-0.2, -0.15) is 0 Å². The molecule has 0 unspecified atom stereocenters. The van der Waals surface area contributed by atoms with Crippen molar-refractivity contribution in [3.05, 3.63) is 35.4 Å². The van der Waals surface area contributed by atoms with Crippen LogP contribution in [0.1, 0.15) is 17.2 Å². The molecular formula is C10H15NO2. The van der Waals surface area contributed by atoms with Crippen molar-refractivity contribution in [2.75, 3.05) is 13.7 Å². The molecule has 0 fully saturated rings. The molecule has 72 valence electrons. The Bertz CT molecular complexity index is 246. The summed E-state index contributed by atoms with van der Waals surface area (Å²) >= 11 is 0. The maximum absolute atomic E-state index is 8.81. The molecule has 3 nitrogen and oxygen atoms in total. The van der Waals surface area contributed by atoms with Crippen LogP contribution >= 0.6 is 0 Å². The third kappa shape index (κ3) is 2.81. The Kier molecular flexibility index (Phi) is 3.89. The minimum atomic E-state index is -0.0854. The van der Waals surface area contributed by atoms with Gasteiger partial charge in [-0.25, -0.2) is 0 Å². The lowest BCUT2D eigenvalue weighted by molar-refractivity contribution is 0.181. The van der Waals surface area contributed by atoms with E-state index in [0.717, 1.165) is 11.1 Å².